The Morgan fingerprint density at radius 2 is 1.66 bits per heavy atom. The van der Waals surface area contributed by atoms with Crippen molar-refractivity contribution in [2.45, 2.75) is 45.9 Å². The minimum Gasteiger partial charge on any atom is -0.497 e. The van der Waals surface area contributed by atoms with Crippen LogP contribution in [-0.2, 0) is 26.2 Å². The van der Waals surface area contributed by atoms with Crippen molar-refractivity contribution in [1.82, 2.24) is 14.5 Å². The second kappa shape index (κ2) is 12.4. The molecule has 4 aromatic rings. The lowest BCUT2D eigenvalue weighted by molar-refractivity contribution is 0.170. The predicted octanol–water partition coefficient (Wildman–Crippen LogP) is 6.99. The molecule has 0 saturated heterocycles. The largest absolute Gasteiger partial charge is 0.497 e. The first kappa shape index (κ1) is 26.1. The molecule has 7 heteroatoms. The van der Waals surface area contributed by atoms with Crippen molar-refractivity contribution in [3.8, 4) is 28.6 Å². The number of aromatic nitrogens is 2. The fourth-order valence-corrected chi connectivity index (χ4v) is 5.07. The van der Waals surface area contributed by atoms with E-state index in [1.165, 1.54) is 5.56 Å². The molecule has 0 saturated carbocycles. The van der Waals surface area contributed by atoms with Crippen LogP contribution in [0.15, 0.2) is 72.8 Å². The van der Waals surface area contributed by atoms with Crippen LogP contribution in [0.4, 0.5) is 0 Å². The molecule has 5 rings (SSSR count). The van der Waals surface area contributed by atoms with Crippen molar-refractivity contribution in [2.75, 3.05) is 20.3 Å². The molecular formula is C31H34ClN3O3. The average Bonchev–Trinajstić information content (AvgIpc) is 3.26. The van der Waals surface area contributed by atoms with Gasteiger partial charge in [-0.3, -0.25) is 4.90 Å². The van der Waals surface area contributed by atoms with Gasteiger partial charge in [0.25, 0.3) is 0 Å². The Morgan fingerprint density at radius 3 is 2.42 bits per heavy atom. The van der Waals surface area contributed by atoms with E-state index in [2.05, 4.69) is 52.8 Å². The summed E-state index contributed by atoms with van der Waals surface area (Å²) < 4.78 is 19.4. The highest BCUT2D eigenvalue weighted by Crippen LogP contribution is 2.32. The van der Waals surface area contributed by atoms with Gasteiger partial charge < -0.3 is 18.8 Å². The molecule has 1 aliphatic heterocycles. The number of ether oxygens (including phenoxy) is 3. The first-order valence-electron chi connectivity index (χ1n) is 13.2. The maximum atomic E-state index is 6.86. The Kier molecular flexibility index (Phi) is 8.51. The highest BCUT2D eigenvalue weighted by atomic mass is 35.5. The second-order valence-electron chi connectivity index (χ2n) is 9.52. The molecule has 0 aliphatic carbocycles. The van der Waals surface area contributed by atoms with Gasteiger partial charge in [0.15, 0.2) is 16.7 Å². The van der Waals surface area contributed by atoms with Gasteiger partial charge in [-0.1, -0.05) is 73.5 Å². The molecule has 2 heterocycles. The van der Waals surface area contributed by atoms with Crippen LogP contribution in [0.5, 0.6) is 17.2 Å². The summed E-state index contributed by atoms with van der Waals surface area (Å²) in [6, 6.07) is 24.7. The molecule has 0 radical (unpaired) electrons. The maximum Gasteiger partial charge on any atom is 0.161 e. The van der Waals surface area contributed by atoms with Crippen LogP contribution in [0, 0.1) is 0 Å². The Bertz CT molecular complexity index is 1360. The monoisotopic (exact) mass is 531 g/mol. The summed E-state index contributed by atoms with van der Waals surface area (Å²) in [5, 5.41) is 0.553. The molecule has 0 spiro atoms. The van der Waals surface area contributed by atoms with E-state index in [-0.39, 0.29) is 0 Å². The Hall–Kier alpha value is -3.48. The molecule has 0 amide bonds. The number of fused-ring (bicyclic) bond motifs is 1. The number of halogens is 1. The zero-order valence-electron chi connectivity index (χ0n) is 22.0. The van der Waals surface area contributed by atoms with Gasteiger partial charge in [-0.25, -0.2) is 4.98 Å². The highest BCUT2D eigenvalue weighted by Gasteiger charge is 2.21. The first-order chi connectivity index (χ1) is 18.6. The molecule has 0 bridgehead atoms. The van der Waals surface area contributed by atoms with Gasteiger partial charge in [0, 0.05) is 31.7 Å². The summed E-state index contributed by atoms with van der Waals surface area (Å²) in [7, 11) is 1.70. The molecule has 0 unspecified atom stereocenters. The van der Waals surface area contributed by atoms with Crippen LogP contribution in [0.25, 0.3) is 11.4 Å². The van der Waals surface area contributed by atoms with Crippen molar-refractivity contribution in [3.63, 3.8) is 0 Å². The number of unbranched alkanes of at least 4 members (excludes halogenated alkanes) is 1. The number of imidazole rings is 1. The molecule has 0 fully saturated rings. The predicted molar refractivity (Wildman–Crippen MR) is 151 cm³/mol. The van der Waals surface area contributed by atoms with Crippen LogP contribution < -0.4 is 14.2 Å². The van der Waals surface area contributed by atoms with Gasteiger partial charge >= 0.3 is 0 Å². The van der Waals surface area contributed by atoms with Gasteiger partial charge in [-0.15, -0.1) is 0 Å². The van der Waals surface area contributed by atoms with Gasteiger partial charge in [0.2, 0.25) is 0 Å². The number of nitrogens with zero attached hydrogens (tertiary/aromatic N) is 3. The zero-order chi connectivity index (χ0) is 26.3. The summed E-state index contributed by atoms with van der Waals surface area (Å²) in [5.74, 6) is 3.36. The molecule has 1 aromatic heterocycles. The third-order valence-electron chi connectivity index (χ3n) is 6.72. The molecular weight excluding hydrogens is 498 g/mol. The van der Waals surface area contributed by atoms with Crippen molar-refractivity contribution < 1.29 is 14.2 Å². The number of hydrogen-bond donors (Lipinski definition) is 0. The zero-order valence-corrected chi connectivity index (χ0v) is 22.8. The summed E-state index contributed by atoms with van der Waals surface area (Å²) in [6.45, 7) is 6.31. The summed E-state index contributed by atoms with van der Waals surface area (Å²) in [4.78, 5) is 7.22. The fraction of sp³-hybridized carbons (Fsp3) is 0.323. The number of hydrogen-bond acceptors (Lipinski definition) is 5. The topological polar surface area (TPSA) is 48.8 Å². The Morgan fingerprint density at radius 1 is 0.895 bits per heavy atom. The molecule has 0 atom stereocenters. The van der Waals surface area contributed by atoms with E-state index in [9.17, 15) is 0 Å². The fourth-order valence-electron chi connectivity index (χ4n) is 4.83. The SMILES string of the molecule is CCCCn1c(-c2ccccc2)nc(Cl)c1CN(Cc1cccc(OC)c1)Cc1ccc2c(c1)OCCO2. The van der Waals surface area contributed by atoms with Gasteiger partial charge in [-0.05, 0) is 41.8 Å². The standard InChI is InChI=1S/C31H34ClN3O3/c1-3-4-15-35-27(30(32)33-31(35)25-10-6-5-7-11-25)22-34(20-23-9-8-12-26(18-23)36-2)21-24-13-14-28-29(19-24)38-17-16-37-28/h5-14,18-19H,3-4,15-17,20-22H2,1-2H3. The van der Waals surface area contributed by atoms with Crippen LogP contribution >= 0.6 is 11.6 Å². The van der Waals surface area contributed by atoms with Crippen LogP contribution in [-0.4, -0.2) is 34.8 Å². The lowest BCUT2D eigenvalue weighted by atomic mass is 10.1. The summed E-state index contributed by atoms with van der Waals surface area (Å²) in [5.41, 5.74) is 4.42. The third kappa shape index (κ3) is 6.14. The average molecular weight is 532 g/mol. The summed E-state index contributed by atoms with van der Waals surface area (Å²) >= 11 is 6.86. The minimum absolute atomic E-state index is 0.553. The molecule has 38 heavy (non-hydrogen) atoms. The van der Waals surface area contributed by atoms with Crippen molar-refractivity contribution in [2.24, 2.45) is 0 Å². The molecule has 1 aliphatic rings. The Balaban J connectivity index is 1.49. The van der Waals surface area contributed by atoms with Gasteiger partial charge in [0.1, 0.15) is 24.8 Å². The second-order valence-corrected chi connectivity index (χ2v) is 9.88. The lowest BCUT2D eigenvalue weighted by Crippen LogP contribution is -2.24. The van der Waals surface area contributed by atoms with Crippen LogP contribution in [0.1, 0.15) is 36.6 Å². The van der Waals surface area contributed by atoms with E-state index in [0.717, 1.165) is 65.8 Å². The van der Waals surface area contributed by atoms with E-state index in [0.29, 0.717) is 31.5 Å². The molecule has 198 valence electrons. The van der Waals surface area contributed by atoms with Crippen LogP contribution in [0.3, 0.4) is 0 Å². The van der Waals surface area contributed by atoms with E-state index < -0.39 is 0 Å². The minimum atomic E-state index is 0.553. The molecule has 0 N–H and O–H groups in total. The summed E-state index contributed by atoms with van der Waals surface area (Å²) in [6.07, 6.45) is 2.14. The highest BCUT2D eigenvalue weighted by molar-refractivity contribution is 6.30. The van der Waals surface area contributed by atoms with Gasteiger partial charge in [-0.2, -0.15) is 0 Å². The van der Waals surface area contributed by atoms with Crippen LogP contribution in [0.2, 0.25) is 5.15 Å². The van der Waals surface area contributed by atoms with Gasteiger partial charge in [0.05, 0.1) is 12.8 Å². The number of methoxy groups -OCH3 is 1. The van der Waals surface area contributed by atoms with Crippen molar-refractivity contribution in [3.05, 3.63) is 94.8 Å². The van der Waals surface area contributed by atoms with E-state index in [1.54, 1.807) is 7.11 Å². The van der Waals surface area contributed by atoms with E-state index in [4.69, 9.17) is 30.8 Å². The van der Waals surface area contributed by atoms with Crippen molar-refractivity contribution >= 4 is 11.6 Å². The number of rotatable bonds is 11. The maximum absolute atomic E-state index is 6.86. The molecule has 3 aromatic carbocycles. The van der Waals surface area contributed by atoms with E-state index >= 15 is 0 Å². The smallest absolute Gasteiger partial charge is 0.161 e. The lowest BCUT2D eigenvalue weighted by Gasteiger charge is -2.25. The number of benzene rings is 3. The third-order valence-corrected chi connectivity index (χ3v) is 7.02. The Labute approximate surface area is 229 Å². The quantitative estimate of drug-likeness (QED) is 0.209. The normalized spacial score (nSPS) is 12.6. The van der Waals surface area contributed by atoms with Crippen molar-refractivity contribution in [1.29, 1.82) is 0 Å². The molecule has 6 nitrogen and oxygen atoms in total. The van der Waals surface area contributed by atoms with E-state index in [1.807, 2.05) is 36.4 Å². The first-order valence-corrected chi connectivity index (χ1v) is 13.6.